The Bertz CT molecular complexity index is 387. The molecule has 0 saturated heterocycles. The summed E-state index contributed by atoms with van der Waals surface area (Å²) in [4.78, 5) is 2.21. The summed E-state index contributed by atoms with van der Waals surface area (Å²) < 4.78 is 22.6. The Morgan fingerprint density at radius 2 is 1.90 bits per heavy atom. The quantitative estimate of drug-likeness (QED) is 0.662. The van der Waals surface area contributed by atoms with Gasteiger partial charge in [0.05, 0.1) is 5.75 Å². The van der Waals surface area contributed by atoms with Crippen molar-refractivity contribution >= 4 is 9.84 Å². The van der Waals surface area contributed by atoms with Crippen LogP contribution < -0.4 is 5.32 Å². The fourth-order valence-corrected chi connectivity index (χ4v) is 3.91. The van der Waals surface area contributed by atoms with Gasteiger partial charge in [0.2, 0.25) is 0 Å². The summed E-state index contributed by atoms with van der Waals surface area (Å²) in [5.74, 6) is 1.10. The van der Waals surface area contributed by atoms with E-state index in [0.29, 0.717) is 12.0 Å². The SMILES string of the molecule is CCCNCC1(CN(C)CCS(C)(=O)=O)CCC(C)CC1. The highest BCUT2D eigenvalue weighted by molar-refractivity contribution is 7.90. The van der Waals surface area contributed by atoms with E-state index in [1.165, 1.54) is 31.9 Å². The second kappa shape index (κ2) is 8.49. The molecule has 0 heterocycles. The fourth-order valence-electron chi connectivity index (χ4n) is 3.27. The van der Waals surface area contributed by atoms with Crippen LogP contribution in [0.15, 0.2) is 0 Å². The summed E-state index contributed by atoms with van der Waals surface area (Å²) in [6.07, 6.45) is 7.60. The topological polar surface area (TPSA) is 49.4 Å². The van der Waals surface area contributed by atoms with E-state index < -0.39 is 9.84 Å². The summed E-state index contributed by atoms with van der Waals surface area (Å²) >= 11 is 0. The van der Waals surface area contributed by atoms with Gasteiger partial charge in [0, 0.05) is 25.9 Å². The predicted molar refractivity (Wildman–Crippen MR) is 90.4 cm³/mol. The minimum absolute atomic E-state index is 0.262. The van der Waals surface area contributed by atoms with E-state index in [9.17, 15) is 8.42 Å². The smallest absolute Gasteiger partial charge is 0.148 e. The molecule has 1 aliphatic carbocycles. The van der Waals surface area contributed by atoms with Crippen LogP contribution in [0.4, 0.5) is 0 Å². The Balaban J connectivity index is 2.55. The number of hydrogen-bond donors (Lipinski definition) is 1. The fraction of sp³-hybridized carbons (Fsp3) is 1.00. The summed E-state index contributed by atoms with van der Waals surface area (Å²) in [6, 6.07) is 0. The van der Waals surface area contributed by atoms with Crippen LogP contribution in [-0.2, 0) is 9.84 Å². The van der Waals surface area contributed by atoms with E-state index >= 15 is 0 Å². The predicted octanol–water partition coefficient (Wildman–Crippen LogP) is 2.16. The van der Waals surface area contributed by atoms with Gasteiger partial charge in [-0.3, -0.25) is 0 Å². The zero-order valence-electron chi connectivity index (χ0n) is 14.3. The molecule has 0 aromatic carbocycles. The Labute approximate surface area is 131 Å². The molecule has 4 nitrogen and oxygen atoms in total. The van der Waals surface area contributed by atoms with E-state index in [1.807, 2.05) is 0 Å². The average Bonchev–Trinajstić information content (AvgIpc) is 2.40. The molecule has 0 bridgehead atoms. The molecule has 126 valence electrons. The molecule has 0 aromatic rings. The lowest BCUT2D eigenvalue weighted by molar-refractivity contribution is 0.102. The maximum atomic E-state index is 11.3. The minimum Gasteiger partial charge on any atom is -0.316 e. The lowest BCUT2D eigenvalue weighted by atomic mass is 9.70. The van der Waals surface area contributed by atoms with Gasteiger partial charge < -0.3 is 10.2 Å². The molecule has 1 saturated carbocycles. The van der Waals surface area contributed by atoms with Crippen LogP contribution in [0.25, 0.3) is 0 Å². The molecule has 0 radical (unpaired) electrons. The normalized spacial score (nSPS) is 27.2. The van der Waals surface area contributed by atoms with Gasteiger partial charge in [0.1, 0.15) is 9.84 Å². The molecule has 0 aromatic heterocycles. The zero-order valence-corrected chi connectivity index (χ0v) is 15.1. The highest BCUT2D eigenvalue weighted by Gasteiger charge is 2.34. The summed E-state index contributed by atoms with van der Waals surface area (Å²) in [7, 11) is -0.806. The standard InChI is InChI=1S/C16H34N2O2S/c1-5-10-17-13-16(8-6-15(2)7-9-16)14-18(3)11-12-21(4,19)20/h15,17H,5-14H2,1-4H3. The van der Waals surface area contributed by atoms with Crippen molar-refractivity contribution in [3.63, 3.8) is 0 Å². The zero-order chi connectivity index (χ0) is 15.9. The molecule has 1 aliphatic rings. The Morgan fingerprint density at radius 3 is 2.43 bits per heavy atom. The van der Waals surface area contributed by atoms with Crippen molar-refractivity contribution in [2.75, 3.05) is 45.2 Å². The first-order chi connectivity index (χ1) is 9.76. The highest BCUT2D eigenvalue weighted by atomic mass is 32.2. The number of rotatable bonds is 9. The lowest BCUT2D eigenvalue weighted by Crippen LogP contribution is -2.46. The third kappa shape index (κ3) is 7.61. The van der Waals surface area contributed by atoms with E-state index in [2.05, 4.69) is 31.1 Å². The third-order valence-corrected chi connectivity index (χ3v) is 5.63. The van der Waals surface area contributed by atoms with Crippen LogP contribution in [0.1, 0.15) is 46.0 Å². The number of sulfone groups is 1. The molecule has 0 unspecified atom stereocenters. The molecule has 1 fully saturated rings. The Kier molecular flexibility index (Phi) is 7.65. The average molecular weight is 319 g/mol. The first kappa shape index (κ1) is 18.9. The second-order valence-electron chi connectivity index (χ2n) is 7.23. The van der Waals surface area contributed by atoms with Gasteiger partial charge in [-0.2, -0.15) is 0 Å². The van der Waals surface area contributed by atoms with Crippen LogP contribution in [0.2, 0.25) is 0 Å². The van der Waals surface area contributed by atoms with Gasteiger partial charge in [-0.1, -0.05) is 26.7 Å². The van der Waals surface area contributed by atoms with Crippen molar-refractivity contribution in [2.45, 2.75) is 46.0 Å². The van der Waals surface area contributed by atoms with Crippen molar-refractivity contribution in [1.29, 1.82) is 0 Å². The Hall–Kier alpha value is -0.130. The largest absolute Gasteiger partial charge is 0.316 e. The van der Waals surface area contributed by atoms with E-state index in [-0.39, 0.29) is 5.75 Å². The molecule has 0 amide bonds. The van der Waals surface area contributed by atoms with E-state index in [1.54, 1.807) is 0 Å². The number of nitrogens with one attached hydrogen (secondary N) is 1. The van der Waals surface area contributed by atoms with E-state index in [4.69, 9.17) is 0 Å². The van der Waals surface area contributed by atoms with Crippen LogP contribution in [0.3, 0.4) is 0 Å². The third-order valence-electron chi connectivity index (χ3n) is 4.71. The number of nitrogens with zero attached hydrogens (tertiary/aromatic N) is 1. The lowest BCUT2D eigenvalue weighted by Gasteiger charge is -2.42. The maximum Gasteiger partial charge on any atom is 0.148 e. The first-order valence-corrected chi connectivity index (χ1v) is 10.4. The van der Waals surface area contributed by atoms with Crippen molar-refractivity contribution in [1.82, 2.24) is 10.2 Å². The molecule has 21 heavy (non-hydrogen) atoms. The summed E-state index contributed by atoms with van der Waals surface area (Å²) in [5, 5.41) is 3.59. The maximum absolute atomic E-state index is 11.3. The van der Waals surface area contributed by atoms with Crippen molar-refractivity contribution in [2.24, 2.45) is 11.3 Å². The van der Waals surface area contributed by atoms with Crippen LogP contribution in [-0.4, -0.2) is 58.6 Å². The van der Waals surface area contributed by atoms with Crippen molar-refractivity contribution in [3.05, 3.63) is 0 Å². The van der Waals surface area contributed by atoms with Gasteiger partial charge in [0.25, 0.3) is 0 Å². The Morgan fingerprint density at radius 1 is 1.29 bits per heavy atom. The summed E-state index contributed by atoms with van der Waals surface area (Å²) in [5.41, 5.74) is 0.327. The molecule has 1 rings (SSSR count). The first-order valence-electron chi connectivity index (χ1n) is 8.33. The second-order valence-corrected chi connectivity index (χ2v) is 9.49. The van der Waals surface area contributed by atoms with Gasteiger partial charge in [-0.05, 0) is 44.2 Å². The van der Waals surface area contributed by atoms with Crippen molar-refractivity contribution in [3.8, 4) is 0 Å². The molecule has 1 N–H and O–H groups in total. The molecule has 0 spiro atoms. The molecule has 5 heteroatoms. The van der Waals surface area contributed by atoms with Gasteiger partial charge in [0.15, 0.2) is 0 Å². The van der Waals surface area contributed by atoms with Crippen LogP contribution in [0, 0.1) is 11.3 Å². The van der Waals surface area contributed by atoms with E-state index in [0.717, 1.165) is 32.0 Å². The molecular weight excluding hydrogens is 284 g/mol. The number of hydrogen-bond acceptors (Lipinski definition) is 4. The molecular formula is C16H34N2O2S. The van der Waals surface area contributed by atoms with Gasteiger partial charge in [-0.25, -0.2) is 8.42 Å². The minimum atomic E-state index is -2.87. The van der Waals surface area contributed by atoms with Gasteiger partial charge in [-0.15, -0.1) is 0 Å². The van der Waals surface area contributed by atoms with Crippen LogP contribution in [0.5, 0.6) is 0 Å². The molecule has 0 aliphatic heterocycles. The monoisotopic (exact) mass is 318 g/mol. The summed E-state index contributed by atoms with van der Waals surface area (Å²) in [6.45, 7) is 8.33. The van der Waals surface area contributed by atoms with Crippen LogP contribution >= 0.6 is 0 Å². The van der Waals surface area contributed by atoms with Gasteiger partial charge >= 0.3 is 0 Å². The highest BCUT2D eigenvalue weighted by Crippen LogP contribution is 2.39. The molecule has 0 atom stereocenters. The van der Waals surface area contributed by atoms with Crippen molar-refractivity contribution < 1.29 is 8.42 Å².